The number of thiazole rings is 1. The molecule has 8 nitrogen and oxygen atoms in total. The highest BCUT2D eigenvalue weighted by molar-refractivity contribution is 7.15. The molecule has 1 aromatic carbocycles. The Hall–Kier alpha value is -3.09. The maximum Gasteiger partial charge on any atom is 0.433 e. The highest BCUT2D eigenvalue weighted by Crippen LogP contribution is 2.41. The van der Waals surface area contributed by atoms with Crippen molar-refractivity contribution in [3.8, 4) is 10.4 Å². The summed E-state index contributed by atoms with van der Waals surface area (Å²) in [6, 6.07) is 6.18. The lowest BCUT2D eigenvalue weighted by Gasteiger charge is -2.51. The van der Waals surface area contributed by atoms with Crippen LogP contribution in [0, 0.1) is 6.92 Å². The zero-order valence-electron chi connectivity index (χ0n) is 18.5. The van der Waals surface area contributed by atoms with Gasteiger partial charge in [0.15, 0.2) is 0 Å². The number of nitrogens with zero attached hydrogens (tertiary/aromatic N) is 4. The predicted molar refractivity (Wildman–Crippen MR) is 120 cm³/mol. The minimum Gasteiger partial charge on any atom is -0.480 e. The van der Waals surface area contributed by atoms with E-state index in [0.717, 1.165) is 28.3 Å². The Morgan fingerprint density at radius 3 is 2.56 bits per heavy atom. The highest BCUT2D eigenvalue weighted by atomic mass is 32.1. The predicted octanol–water partition coefficient (Wildman–Crippen LogP) is 4.04. The van der Waals surface area contributed by atoms with Gasteiger partial charge in [0.2, 0.25) is 5.95 Å². The summed E-state index contributed by atoms with van der Waals surface area (Å²) in [5.41, 5.74) is -1.29. The lowest BCUT2D eigenvalue weighted by atomic mass is 9.88. The molecular formula is C22H22F3N5O3S. The number of aliphatic carboxylic acids is 1. The van der Waals surface area contributed by atoms with Gasteiger partial charge in [-0.05, 0) is 50.1 Å². The Labute approximate surface area is 197 Å². The first-order valence-corrected chi connectivity index (χ1v) is 11.1. The number of alkyl halides is 3. The van der Waals surface area contributed by atoms with Crippen LogP contribution < -0.4 is 5.32 Å². The summed E-state index contributed by atoms with van der Waals surface area (Å²) in [4.78, 5) is 25.6. The number of nitrogens with one attached hydrogen (secondary N) is 1. The van der Waals surface area contributed by atoms with Gasteiger partial charge in [0.05, 0.1) is 4.88 Å². The van der Waals surface area contributed by atoms with Gasteiger partial charge in [-0.15, -0.1) is 11.3 Å². The largest absolute Gasteiger partial charge is 0.480 e. The van der Waals surface area contributed by atoms with Crippen LogP contribution in [0.3, 0.4) is 0 Å². The number of carboxylic acids is 1. The third-order valence-electron chi connectivity index (χ3n) is 5.69. The fourth-order valence-electron chi connectivity index (χ4n) is 3.58. The van der Waals surface area contributed by atoms with Crippen molar-refractivity contribution in [1.82, 2.24) is 19.9 Å². The van der Waals surface area contributed by atoms with Crippen LogP contribution in [0.15, 0.2) is 36.7 Å². The third-order valence-corrected chi connectivity index (χ3v) is 6.93. The van der Waals surface area contributed by atoms with E-state index in [9.17, 15) is 28.2 Å². The van der Waals surface area contributed by atoms with E-state index in [1.54, 1.807) is 37.1 Å². The fourth-order valence-corrected chi connectivity index (χ4v) is 4.55. The summed E-state index contributed by atoms with van der Waals surface area (Å²) in [5.74, 6) is -1.15. The molecule has 12 heteroatoms. The summed E-state index contributed by atoms with van der Waals surface area (Å²) < 4.78 is 38.8. The molecule has 0 saturated carbocycles. The minimum absolute atomic E-state index is 0.146. The molecule has 1 aliphatic heterocycles. The van der Waals surface area contributed by atoms with E-state index >= 15 is 0 Å². The van der Waals surface area contributed by atoms with Crippen molar-refractivity contribution in [2.45, 2.75) is 38.1 Å². The molecule has 0 aliphatic carbocycles. The van der Waals surface area contributed by atoms with Crippen molar-refractivity contribution in [3.63, 3.8) is 0 Å². The molecule has 3 aromatic rings. The lowest BCUT2D eigenvalue weighted by molar-refractivity contribution is -0.173. The third kappa shape index (κ3) is 4.61. The number of hydrogen-bond acceptors (Lipinski definition) is 8. The number of rotatable bonds is 6. The van der Waals surface area contributed by atoms with Gasteiger partial charge in [-0.2, -0.15) is 13.2 Å². The molecule has 0 amide bonds. The summed E-state index contributed by atoms with van der Waals surface area (Å²) in [6.07, 6.45) is -1.92. The van der Waals surface area contributed by atoms with Crippen LogP contribution in [0.2, 0.25) is 0 Å². The Kier molecular flexibility index (Phi) is 5.86. The SMILES string of the molecule is Cc1cc(Nc2nccc(C(F)(F)F)n2)cc(-c2cnc(C3(O)CN(C(C)(C)C(=O)O)C3)s2)c1. The van der Waals surface area contributed by atoms with Gasteiger partial charge in [0.25, 0.3) is 0 Å². The van der Waals surface area contributed by atoms with E-state index in [1.165, 1.54) is 11.3 Å². The number of aromatic nitrogens is 3. The van der Waals surface area contributed by atoms with E-state index in [2.05, 4.69) is 20.3 Å². The molecule has 0 unspecified atom stereocenters. The van der Waals surface area contributed by atoms with Crippen LogP contribution >= 0.6 is 11.3 Å². The molecule has 4 rings (SSSR count). The Bertz CT molecular complexity index is 1240. The molecule has 0 atom stereocenters. The van der Waals surface area contributed by atoms with Crippen molar-refractivity contribution < 1.29 is 28.2 Å². The zero-order valence-corrected chi connectivity index (χ0v) is 19.3. The normalized spacial score (nSPS) is 16.2. The number of aliphatic hydroxyl groups is 1. The highest BCUT2D eigenvalue weighted by Gasteiger charge is 2.52. The van der Waals surface area contributed by atoms with Crippen molar-refractivity contribution >= 4 is 28.9 Å². The van der Waals surface area contributed by atoms with Crippen LogP contribution in [0.1, 0.15) is 30.1 Å². The molecule has 180 valence electrons. The topological polar surface area (TPSA) is 111 Å². The van der Waals surface area contributed by atoms with Gasteiger partial charge in [-0.3, -0.25) is 9.69 Å². The van der Waals surface area contributed by atoms with Crippen molar-refractivity contribution in [3.05, 3.63) is 52.9 Å². The first kappa shape index (κ1) is 24.0. The molecule has 1 aliphatic rings. The van der Waals surface area contributed by atoms with Crippen LogP contribution in [0.25, 0.3) is 10.4 Å². The summed E-state index contributed by atoms with van der Waals surface area (Å²) in [7, 11) is 0. The van der Waals surface area contributed by atoms with E-state index in [-0.39, 0.29) is 19.0 Å². The maximum atomic E-state index is 12.9. The first-order valence-electron chi connectivity index (χ1n) is 10.2. The molecule has 2 aromatic heterocycles. The van der Waals surface area contributed by atoms with Gasteiger partial charge in [-0.1, -0.05) is 6.07 Å². The van der Waals surface area contributed by atoms with E-state index in [1.807, 2.05) is 13.0 Å². The van der Waals surface area contributed by atoms with Crippen molar-refractivity contribution in [1.29, 1.82) is 0 Å². The number of likely N-dealkylation sites (tertiary alicyclic amines) is 1. The Morgan fingerprint density at radius 2 is 1.91 bits per heavy atom. The smallest absolute Gasteiger partial charge is 0.433 e. The molecule has 34 heavy (non-hydrogen) atoms. The molecule has 3 heterocycles. The number of anilines is 2. The molecule has 1 saturated heterocycles. The molecule has 3 N–H and O–H groups in total. The summed E-state index contributed by atoms with van der Waals surface area (Å²) in [5, 5.41) is 23.6. The van der Waals surface area contributed by atoms with Gasteiger partial charge >= 0.3 is 12.1 Å². The second kappa shape index (κ2) is 8.29. The number of β-amino-alcohol motifs (C(OH)–C–C–N with tert-alkyl or cyclic N) is 1. The Balaban J connectivity index is 1.54. The number of carbonyl (C=O) groups is 1. The number of carboxylic acid groups (broad SMARTS) is 1. The average molecular weight is 494 g/mol. The van der Waals surface area contributed by atoms with Gasteiger partial charge in [0, 0.05) is 31.2 Å². The quantitative estimate of drug-likeness (QED) is 0.472. The second-order valence-corrected chi connectivity index (χ2v) is 9.79. The second-order valence-electron chi connectivity index (χ2n) is 8.76. The van der Waals surface area contributed by atoms with Crippen LogP contribution in [-0.2, 0) is 16.6 Å². The number of hydrogen-bond donors (Lipinski definition) is 3. The van der Waals surface area contributed by atoms with E-state index < -0.39 is 29.0 Å². The summed E-state index contributed by atoms with van der Waals surface area (Å²) >= 11 is 1.28. The van der Waals surface area contributed by atoms with Crippen LogP contribution in [0.5, 0.6) is 0 Å². The van der Waals surface area contributed by atoms with Crippen molar-refractivity contribution in [2.75, 3.05) is 18.4 Å². The van der Waals surface area contributed by atoms with Crippen LogP contribution in [0.4, 0.5) is 24.8 Å². The average Bonchev–Trinajstić information content (AvgIpc) is 3.21. The van der Waals surface area contributed by atoms with E-state index in [4.69, 9.17) is 0 Å². The minimum atomic E-state index is -4.58. The standard InChI is InChI=1S/C22H22F3N5O3S/c1-12-6-13(8-14(7-12)28-19-26-5-4-16(29-19)22(23,24)25)15-9-27-17(34-15)21(33)10-30(11-21)20(2,3)18(31)32/h4-9,33H,10-11H2,1-3H3,(H,31,32)(H,26,28,29). The Morgan fingerprint density at radius 1 is 1.21 bits per heavy atom. The monoisotopic (exact) mass is 493 g/mol. The van der Waals surface area contributed by atoms with E-state index in [0.29, 0.717) is 10.7 Å². The van der Waals surface area contributed by atoms with Gasteiger partial charge in [0.1, 0.15) is 21.8 Å². The molecule has 0 spiro atoms. The lowest BCUT2D eigenvalue weighted by Crippen LogP contribution is -2.67. The number of benzene rings is 1. The fraction of sp³-hybridized carbons (Fsp3) is 0.364. The molecule has 0 radical (unpaired) electrons. The zero-order chi connectivity index (χ0) is 24.9. The van der Waals surface area contributed by atoms with Gasteiger partial charge < -0.3 is 15.5 Å². The summed E-state index contributed by atoms with van der Waals surface area (Å²) in [6.45, 7) is 5.30. The molecular weight excluding hydrogens is 471 g/mol. The van der Waals surface area contributed by atoms with Gasteiger partial charge in [-0.25, -0.2) is 15.0 Å². The number of halogens is 3. The maximum absolute atomic E-state index is 12.9. The molecule has 1 fully saturated rings. The van der Waals surface area contributed by atoms with Crippen LogP contribution in [-0.4, -0.2) is 54.7 Å². The van der Waals surface area contributed by atoms with Crippen molar-refractivity contribution in [2.24, 2.45) is 0 Å². The molecule has 0 bridgehead atoms. The first-order chi connectivity index (χ1) is 15.8. The number of aryl methyl sites for hydroxylation is 1.